The first-order chi connectivity index (χ1) is 8.58. The maximum absolute atomic E-state index is 11.3. The number of nitrogens with zero attached hydrogens (tertiary/aromatic N) is 1. The first-order valence-electron chi connectivity index (χ1n) is 6.07. The fourth-order valence-electron chi connectivity index (χ4n) is 2.16. The van der Waals surface area contributed by atoms with Crippen LogP contribution in [0.15, 0.2) is 22.7 Å². The lowest BCUT2D eigenvalue weighted by Crippen LogP contribution is -2.29. The largest absolute Gasteiger partial charge is 0.389 e. The highest BCUT2D eigenvalue weighted by Gasteiger charge is 2.18. The third-order valence-corrected chi connectivity index (χ3v) is 3.59. The van der Waals surface area contributed by atoms with Gasteiger partial charge in [-0.1, -0.05) is 15.9 Å². The third-order valence-electron chi connectivity index (χ3n) is 3.09. The number of carbonyl (C=O) groups is 1. The molecule has 1 aliphatic heterocycles. The molecular weight excluding hydrogens is 296 g/mol. The maximum Gasteiger partial charge on any atom is 0.221 e. The fourth-order valence-corrected chi connectivity index (χ4v) is 2.53. The quantitative estimate of drug-likeness (QED) is 0.876. The zero-order valence-corrected chi connectivity index (χ0v) is 11.9. The molecule has 1 amide bonds. The van der Waals surface area contributed by atoms with Crippen molar-refractivity contribution in [3.8, 4) is 0 Å². The molecule has 0 radical (unpaired) electrons. The fraction of sp³-hybridized carbons (Fsp3) is 0.462. The molecular formula is C13H17BrN2O2. The highest BCUT2D eigenvalue weighted by Crippen LogP contribution is 2.29. The van der Waals surface area contributed by atoms with Gasteiger partial charge in [-0.25, -0.2) is 0 Å². The second-order valence-corrected chi connectivity index (χ2v) is 5.38. The number of aliphatic hydroxyl groups excluding tert-OH is 1. The van der Waals surface area contributed by atoms with Crippen LogP contribution in [0.4, 0.5) is 5.69 Å². The van der Waals surface area contributed by atoms with Gasteiger partial charge in [-0.2, -0.15) is 0 Å². The minimum Gasteiger partial charge on any atom is -0.389 e. The van der Waals surface area contributed by atoms with Gasteiger partial charge in [0.25, 0.3) is 0 Å². The van der Waals surface area contributed by atoms with E-state index >= 15 is 0 Å². The monoisotopic (exact) mass is 312 g/mol. The summed E-state index contributed by atoms with van der Waals surface area (Å²) in [6.45, 7) is 3.86. The number of hydrogen-bond donors (Lipinski definition) is 2. The molecule has 1 saturated heterocycles. The lowest BCUT2D eigenvalue weighted by molar-refractivity contribution is -0.120. The smallest absolute Gasteiger partial charge is 0.221 e. The van der Waals surface area contributed by atoms with Gasteiger partial charge in [0.05, 0.1) is 6.10 Å². The van der Waals surface area contributed by atoms with Crippen LogP contribution in [0.25, 0.3) is 0 Å². The van der Waals surface area contributed by atoms with Crippen molar-refractivity contribution in [1.82, 2.24) is 5.32 Å². The van der Waals surface area contributed by atoms with E-state index in [9.17, 15) is 9.90 Å². The Labute approximate surface area is 115 Å². The average molecular weight is 313 g/mol. The predicted molar refractivity (Wildman–Crippen MR) is 74.6 cm³/mol. The summed E-state index contributed by atoms with van der Waals surface area (Å²) in [4.78, 5) is 13.5. The van der Waals surface area contributed by atoms with Gasteiger partial charge in [-0.3, -0.25) is 4.79 Å². The number of nitrogens with one attached hydrogen (secondary N) is 1. The van der Waals surface area contributed by atoms with Crippen molar-refractivity contribution in [2.75, 3.05) is 24.5 Å². The van der Waals surface area contributed by atoms with E-state index in [1.165, 1.54) is 0 Å². The van der Waals surface area contributed by atoms with Crippen molar-refractivity contribution >= 4 is 27.5 Å². The Kier molecular flexibility index (Phi) is 4.24. The molecule has 18 heavy (non-hydrogen) atoms. The van der Waals surface area contributed by atoms with Crippen molar-refractivity contribution in [3.63, 3.8) is 0 Å². The Bertz CT molecular complexity index is 449. The molecule has 0 aromatic heterocycles. The molecule has 0 bridgehead atoms. The standard InChI is InChI=1S/C13H17BrN2O2/c1-9(17)11-8-10(14)2-3-12(11)16-6-4-13(18)15-5-7-16/h2-3,8-9,17H,4-7H2,1H3,(H,15,18). The molecule has 1 aliphatic rings. The van der Waals surface area contributed by atoms with E-state index in [2.05, 4.69) is 26.1 Å². The SMILES string of the molecule is CC(O)c1cc(Br)ccc1N1CCNC(=O)CC1. The van der Waals surface area contributed by atoms with E-state index in [4.69, 9.17) is 0 Å². The van der Waals surface area contributed by atoms with Gasteiger partial charge in [0.15, 0.2) is 0 Å². The van der Waals surface area contributed by atoms with E-state index < -0.39 is 6.10 Å². The van der Waals surface area contributed by atoms with Crippen LogP contribution < -0.4 is 10.2 Å². The third kappa shape index (κ3) is 3.03. The molecule has 2 rings (SSSR count). The van der Waals surface area contributed by atoms with Crippen LogP contribution in [0.5, 0.6) is 0 Å². The predicted octanol–water partition coefficient (Wildman–Crippen LogP) is 1.83. The van der Waals surface area contributed by atoms with Crippen molar-refractivity contribution in [2.24, 2.45) is 0 Å². The van der Waals surface area contributed by atoms with E-state index in [0.29, 0.717) is 19.5 Å². The van der Waals surface area contributed by atoms with Crippen molar-refractivity contribution < 1.29 is 9.90 Å². The van der Waals surface area contributed by atoms with E-state index in [1.54, 1.807) is 6.92 Å². The minimum absolute atomic E-state index is 0.0909. The van der Waals surface area contributed by atoms with Gasteiger partial charge in [-0.05, 0) is 25.1 Å². The molecule has 1 aromatic carbocycles. The highest BCUT2D eigenvalue weighted by atomic mass is 79.9. The summed E-state index contributed by atoms with van der Waals surface area (Å²) in [5.74, 6) is 0.0909. The van der Waals surface area contributed by atoms with Gasteiger partial charge in [0, 0.05) is 41.8 Å². The highest BCUT2D eigenvalue weighted by molar-refractivity contribution is 9.10. The van der Waals surface area contributed by atoms with Crippen LogP contribution in [0, 0.1) is 0 Å². The molecule has 0 aliphatic carbocycles. The number of rotatable bonds is 2. The van der Waals surface area contributed by atoms with Gasteiger partial charge >= 0.3 is 0 Å². The van der Waals surface area contributed by atoms with Crippen molar-refractivity contribution in [3.05, 3.63) is 28.2 Å². The Hall–Kier alpha value is -1.07. The second kappa shape index (κ2) is 5.71. The Balaban J connectivity index is 2.29. The number of amides is 1. The molecule has 2 N–H and O–H groups in total. The Morgan fingerprint density at radius 1 is 1.44 bits per heavy atom. The molecule has 1 heterocycles. The topological polar surface area (TPSA) is 52.6 Å². The lowest BCUT2D eigenvalue weighted by Gasteiger charge is -2.26. The zero-order valence-electron chi connectivity index (χ0n) is 10.3. The summed E-state index contributed by atoms with van der Waals surface area (Å²) in [6.07, 6.45) is -0.0283. The average Bonchev–Trinajstić information content (AvgIpc) is 2.54. The number of aliphatic hydroxyl groups is 1. The number of anilines is 1. The molecule has 1 fully saturated rings. The van der Waals surface area contributed by atoms with Gasteiger partial charge in [-0.15, -0.1) is 0 Å². The van der Waals surface area contributed by atoms with Crippen LogP contribution in [-0.2, 0) is 4.79 Å². The minimum atomic E-state index is -0.524. The Morgan fingerprint density at radius 2 is 2.22 bits per heavy atom. The molecule has 98 valence electrons. The summed E-state index contributed by atoms with van der Waals surface area (Å²) in [7, 11) is 0. The van der Waals surface area contributed by atoms with Gasteiger partial charge < -0.3 is 15.3 Å². The van der Waals surface area contributed by atoms with E-state index in [0.717, 1.165) is 22.3 Å². The maximum atomic E-state index is 11.3. The first-order valence-corrected chi connectivity index (χ1v) is 6.86. The summed E-state index contributed by atoms with van der Waals surface area (Å²) in [6, 6.07) is 5.88. The van der Waals surface area contributed by atoms with E-state index in [-0.39, 0.29) is 5.91 Å². The van der Waals surface area contributed by atoms with Crippen LogP contribution >= 0.6 is 15.9 Å². The molecule has 5 heteroatoms. The number of carbonyl (C=O) groups excluding carboxylic acids is 1. The number of halogens is 1. The first kappa shape index (κ1) is 13.4. The summed E-state index contributed by atoms with van der Waals surface area (Å²) in [5, 5.41) is 12.7. The van der Waals surface area contributed by atoms with Crippen LogP contribution in [-0.4, -0.2) is 30.6 Å². The van der Waals surface area contributed by atoms with Crippen LogP contribution in [0.3, 0.4) is 0 Å². The summed E-state index contributed by atoms with van der Waals surface area (Å²) < 4.78 is 0.950. The van der Waals surface area contributed by atoms with Crippen molar-refractivity contribution in [1.29, 1.82) is 0 Å². The summed E-state index contributed by atoms with van der Waals surface area (Å²) in [5.41, 5.74) is 1.89. The molecule has 1 atom stereocenters. The lowest BCUT2D eigenvalue weighted by atomic mass is 10.1. The zero-order chi connectivity index (χ0) is 13.1. The number of benzene rings is 1. The normalized spacial score (nSPS) is 18.2. The molecule has 0 spiro atoms. The van der Waals surface area contributed by atoms with Crippen molar-refractivity contribution in [2.45, 2.75) is 19.4 Å². The molecule has 4 nitrogen and oxygen atoms in total. The van der Waals surface area contributed by atoms with Crippen LogP contribution in [0.1, 0.15) is 25.0 Å². The summed E-state index contributed by atoms with van der Waals surface area (Å²) >= 11 is 3.42. The number of hydrogen-bond acceptors (Lipinski definition) is 3. The van der Waals surface area contributed by atoms with E-state index in [1.807, 2.05) is 18.2 Å². The molecule has 1 aromatic rings. The molecule has 1 unspecified atom stereocenters. The van der Waals surface area contributed by atoms with Gasteiger partial charge in [0.1, 0.15) is 0 Å². The van der Waals surface area contributed by atoms with Crippen LogP contribution in [0.2, 0.25) is 0 Å². The Morgan fingerprint density at radius 3 is 2.94 bits per heavy atom. The van der Waals surface area contributed by atoms with Gasteiger partial charge in [0.2, 0.25) is 5.91 Å². The second-order valence-electron chi connectivity index (χ2n) is 4.47. The molecule has 0 saturated carbocycles.